The predicted octanol–water partition coefficient (Wildman–Crippen LogP) is 1.14. The Kier molecular flexibility index (Phi) is 3.46. The van der Waals surface area contributed by atoms with Gasteiger partial charge in [-0.1, -0.05) is 6.92 Å². The average molecular weight is 225 g/mol. The van der Waals surface area contributed by atoms with Crippen LogP contribution in [-0.4, -0.2) is 30.3 Å². The van der Waals surface area contributed by atoms with Gasteiger partial charge in [-0.15, -0.1) is 0 Å². The van der Waals surface area contributed by atoms with Gasteiger partial charge in [-0.25, -0.2) is 0 Å². The van der Waals surface area contributed by atoms with Gasteiger partial charge in [-0.05, 0) is 13.3 Å². The van der Waals surface area contributed by atoms with Crippen molar-refractivity contribution in [3.63, 3.8) is 0 Å². The molecule has 0 aliphatic carbocycles. The number of nitrogens with two attached hydrogens (primary N) is 1. The zero-order valence-corrected chi connectivity index (χ0v) is 9.85. The maximum Gasteiger partial charge on any atom is 0.297 e. The van der Waals surface area contributed by atoms with E-state index in [-0.39, 0.29) is 6.10 Å². The topological polar surface area (TPSA) is 64.5 Å². The first-order chi connectivity index (χ1) is 7.74. The van der Waals surface area contributed by atoms with Crippen LogP contribution in [0.15, 0.2) is 10.7 Å². The second kappa shape index (κ2) is 4.84. The van der Waals surface area contributed by atoms with E-state index in [4.69, 9.17) is 14.9 Å². The summed E-state index contributed by atoms with van der Waals surface area (Å²) in [5, 5.41) is 0. The molecule has 2 heterocycles. The average Bonchev–Trinajstić information content (AvgIpc) is 2.77. The zero-order chi connectivity index (χ0) is 11.5. The van der Waals surface area contributed by atoms with Crippen molar-refractivity contribution in [3.05, 3.63) is 12.0 Å². The van der Waals surface area contributed by atoms with Crippen molar-refractivity contribution in [2.75, 3.05) is 18.1 Å². The summed E-state index contributed by atoms with van der Waals surface area (Å²) in [5.74, 6) is 0. The molecule has 1 aliphatic heterocycles. The van der Waals surface area contributed by atoms with Gasteiger partial charge in [-0.3, -0.25) is 0 Å². The Hall–Kier alpha value is -1.07. The third-order valence-electron chi connectivity index (χ3n) is 2.93. The number of morpholine rings is 1. The molecule has 0 amide bonds. The molecular formula is C11H19N3O2. The van der Waals surface area contributed by atoms with Crippen molar-refractivity contribution in [2.45, 2.75) is 39.0 Å². The molecule has 0 aromatic carbocycles. The monoisotopic (exact) mass is 225 g/mol. The Balaban J connectivity index is 2.15. The Labute approximate surface area is 95.6 Å². The number of hydrogen-bond acceptors (Lipinski definition) is 5. The van der Waals surface area contributed by atoms with Gasteiger partial charge in [0.15, 0.2) is 0 Å². The largest absolute Gasteiger partial charge is 0.432 e. The number of anilines is 1. The summed E-state index contributed by atoms with van der Waals surface area (Å²) in [4.78, 5) is 6.54. The van der Waals surface area contributed by atoms with Gasteiger partial charge < -0.3 is 19.8 Å². The Morgan fingerprint density at radius 1 is 1.62 bits per heavy atom. The van der Waals surface area contributed by atoms with Crippen LogP contribution < -0.4 is 10.6 Å². The van der Waals surface area contributed by atoms with E-state index in [0.29, 0.717) is 18.6 Å². The molecule has 2 unspecified atom stereocenters. The van der Waals surface area contributed by atoms with Crippen LogP contribution in [0.3, 0.4) is 0 Å². The summed E-state index contributed by atoms with van der Waals surface area (Å²) < 4.78 is 11.1. The fourth-order valence-corrected chi connectivity index (χ4v) is 1.94. The molecule has 1 aliphatic rings. The van der Waals surface area contributed by atoms with Crippen LogP contribution in [0.5, 0.6) is 0 Å². The highest BCUT2D eigenvalue weighted by atomic mass is 16.5. The van der Waals surface area contributed by atoms with Crippen molar-refractivity contribution in [1.82, 2.24) is 4.98 Å². The number of nitrogens with zero attached hydrogens (tertiary/aromatic N) is 2. The van der Waals surface area contributed by atoms with E-state index in [2.05, 4.69) is 23.7 Å². The third-order valence-corrected chi connectivity index (χ3v) is 2.93. The van der Waals surface area contributed by atoms with Crippen LogP contribution >= 0.6 is 0 Å². The van der Waals surface area contributed by atoms with E-state index in [1.807, 2.05) is 0 Å². The Morgan fingerprint density at radius 3 is 3.06 bits per heavy atom. The van der Waals surface area contributed by atoms with Crippen molar-refractivity contribution in [3.8, 4) is 0 Å². The maximum atomic E-state index is 5.63. The van der Waals surface area contributed by atoms with Crippen molar-refractivity contribution < 1.29 is 9.15 Å². The van der Waals surface area contributed by atoms with Gasteiger partial charge >= 0.3 is 0 Å². The molecule has 0 saturated carbocycles. The number of ether oxygens (including phenoxy) is 1. The highest BCUT2D eigenvalue weighted by Gasteiger charge is 2.28. The lowest BCUT2D eigenvalue weighted by Gasteiger charge is -2.37. The van der Waals surface area contributed by atoms with Crippen molar-refractivity contribution in [1.29, 1.82) is 0 Å². The first-order valence-corrected chi connectivity index (χ1v) is 5.77. The number of hydrogen-bond donors (Lipinski definition) is 1. The number of rotatable bonds is 3. The molecule has 1 saturated heterocycles. The summed E-state index contributed by atoms with van der Waals surface area (Å²) in [6, 6.07) is 1.02. The van der Waals surface area contributed by atoms with Crippen LogP contribution in [0.4, 0.5) is 6.01 Å². The minimum atomic E-state index is 0.219. The molecular weight excluding hydrogens is 206 g/mol. The van der Waals surface area contributed by atoms with Gasteiger partial charge in [0.25, 0.3) is 6.01 Å². The normalized spacial score (nSPS) is 26.1. The van der Waals surface area contributed by atoms with Crippen molar-refractivity contribution in [2.24, 2.45) is 5.73 Å². The van der Waals surface area contributed by atoms with E-state index in [1.165, 1.54) is 0 Å². The predicted molar refractivity (Wildman–Crippen MR) is 61.2 cm³/mol. The lowest BCUT2D eigenvalue weighted by Crippen LogP contribution is -2.48. The quantitative estimate of drug-likeness (QED) is 0.835. The molecule has 1 aromatic heterocycles. The highest BCUT2D eigenvalue weighted by molar-refractivity contribution is 5.30. The van der Waals surface area contributed by atoms with Crippen LogP contribution in [0.2, 0.25) is 0 Å². The summed E-state index contributed by atoms with van der Waals surface area (Å²) in [6.07, 6.45) is 2.87. The summed E-state index contributed by atoms with van der Waals surface area (Å²) in [7, 11) is 0. The first kappa shape index (κ1) is 11.4. The smallest absolute Gasteiger partial charge is 0.297 e. The zero-order valence-electron chi connectivity index (χ0n) is 9.85. The van der Waals surface area contributed by atoms with Crippen molar-refractivity contribution >= 4 is 6.01 Å². The lowest BCUT2D eigenvalue weighted by molar-refractivity contribution is 0.0278. The molecule has 5 heteroatoms. The molecule has 2 N–H and O–H groups in total. The molecule has 16 heavy (non-hydrogen) atoms. The Bertz CT molecular complexity index is 340. The molecule has 0 bridgehead atoms. The molecule has 1 aromatic rings. The SMILES string of the molecule is CCC1COC(C)CN1c1nc(CN)co1. The minimum Gasteiger partial charge on any atom is -0.432 e. The molecule has 2 rings (SSSR count). The van der Waals surface area contributed by atoms with Gasteiger partial charge in [0, 0.05) is 13.1 Å². The van der Waals surface area contributed by atoms with Gasteiger partial charge in [0.2, 0.25) is 0 Å². The standard InChI is InChI=1S/C11H19N3O2/c1-3-10-7-15-8(2)5-14(10)11-13-9(4-12)6-16-11/h6,8,10H,3-5,7,12H2,1-2H3. The summed E-state index contributed by atoms with van der Waals surface area (Å²) in [5.41, 5.74) is 6.32. The summed E-state index contributed by atoms with van der Waals surface area (Å²) in [6.45, 7) is 6.18. The lowest BCUT2D eigenvalue weighted by atomic mass is 10.1. The minimum absolute atomic E-state index is 0.219. The van der Waals surface area contributed by atoms with Crippen LogP contribution in [0, 0.1) is 0 Å². The second-order valence-corrected chi connectivity index (χ2v) is 4.18. The van der Waals surface area contributed by atoms with Gasteiger partial charge in [0.1, 0.15) is 6.26 Å². The van der Waals surface area contributed by atoms with E-state index in [0.717, 1.165) is 25.3 Å². The molecule has 90 valence electrons. The van der Waals surface area contributed by atoms with Gasteiger partial charge in [-0.2, -0.15) is 4.98 Å². The van der Waals surface area contributed by atoms with Crippen LogP contribution in [0.25, 0.3) is 0 Å². The van der Waals surface area contributed by atoms with E-state index in [1.54, 1.807) is 6.26 Å². The van der Waals surface area contributed by atoms with E-state index < -0.39 is 0 Å². The van der Waals surface area contributed by atoms with Crippen LogP contribution in [0.1, 0.15) is 26.0 Å². The first-order valence-electron chi connectivity index (χ1n) is 5.77. The Morgan fingerprint density at radius 2 is 2.44 bits per heavy atom. The maximum absolute atomic E-state index is 5.63. The molecule has 0 radical (unpaired) electrons. The fourth-order valence-electron chi connectivity index (χ4n) is 1.94. The molecule has 2 atom stereocenters. The highest BCUT2D eigenvalue weighted by Crippen LogP contribution is 2.22. The fraction of sp³-hybridized carbons (Fsp3) is 0.727. The van der Waals surface area contributed by atoms with E-state index >= 15 is 0 Å². The van der Waals surface area contributed by atoms with Crippen LogP contribution in [-0.2, 0) is 11.3 Å². The number of aromatic nitrogens is 1. The molecule has 1 fully saturated rings. The molecule has 5 nitrogen and oxygen atoms in total. The van der Waals surface area contributed by atoms with Gasteiger partial charge in [0.05, 0.1) is 24.4 Å². The number of oxazole rings is 1. The molecule has 0 spiro atoms. The second-order valence-electron chi connectivity index (χ2n) is 4.18. The third kappa shape index (κ3) is 2.20. The van der Waals surface area contributed by atoms with E-state index in [9.17, 15) is 0 Å². The summed E-state index contributed by atoms with van der Waals surface area (Å²) >= 11 is 0.